The molecule has 1 N–H and O–H groups in total. The third-order valence-corrected chi connectivity index (χ3v) is 9.32. The molecule has 2 aromatic heterocycles. The Kier molecular flexibility index (Phi) is 5.86. The van der Waals surface area contributed by atoms with Crippen molar-refractivity contribution in [2.45, 2.75) is 41.5 Å². The number of para-hydroxylation sites is 1. The molecule has 0 spiro atoms. The van der Waals surface area contributed by atoms with E-state index in [-0.39, 0.29) is 0 Å². The van der Waals surface area contributed by atoms with E-state index in [1.54, 1.807) is 0 Å². The van der Waals surface area contributed by atoms with Crippen LogP contribution in [0.5, 0.6) is 0 Å². The van der Waals surface area contributed by atoms with E-state index in [0.717, 1.165) is 44.1 Å². The van der Waals surface area contributed by atoms with Crippen LogP contribution in [0, 0.1) is 41.5 Å². The summed E-state index contributed by atoms with van der Waals surface area (Å²) in [5.74, 6) is 0. The summed E-state index contributed by atoms with van der Waals surface area (Å²) in [6.45, 7) is 13.2. The van der Waals surface area contributed by atoms with Gasteiger partial charge in [0.25, 0.3) is 0 Å². The lowest BCUT2D eigenvalue weighted by Gasteiger charge is -2.14. The summed E-state index contributed by atoms with van der Waals surface area (Å²) in [7, 11) is 0. The zero-order valence-electron chi connectivity index (χ0n) is 26.1. The smallest absolute Gasteiger partial charge is 0.143 e. The van der Waals surface area contributed by atoms with Crippen LogP contribution in [0.4, 0.5) is 0 Å². The normalized spacial score (nSPS) is 11.9. The molecule has 8 rings (SSSR count). The molecule has 0 saturated heterocycles. The first kappa shape index (κ1) is 26.5. The number of nitrogens with one attached hydrogen (secondary N) is 1. The predicted octanol–water partition coefficient (Wildman–Crippen LogP) is 12.1. The molecule has 214 valence electrons. The molecule has 8 aromatic rings. The lowest BCUT2D eigenvalue weighted by Crippen LogP contribution is -1.92. The number of hydrogen-bond acceptors (Lipinski definition) is 1. The second-order valence-corrected chi connectivity index (χ2v) is 12.7. The van der Waals surface area contributed by atoms with E-state index in [1.165, 1.54) is 66.4 Å². The average molecular weight is 570 g/mol. The average Bonchev–Trinajstić information content (AvgIpc) is 3.53. The van der Waals surface area contributed by atoms with Crippen LogP contribution in [-0.4, -0.2) is 4.98 Å². The zero-order valence-corrected chi connectivity index (χ0v) is 26.1. The van der Waals surface area contributed by atoms with Gasteiger partial charge in [0, 0.05) is 38.1 Å². The van der Waals surface area contributed by atoms with Crippen molar-refractivity contribution in [1.29, 1.82) is 0 Å². The highest BCUT2D eigenvalue weighted by atomic mass is 16.3. The van der Waals surface area contributed by atoms with Crippen molar-refractivity contribution in [2.75, 3.05) is 0 Å². The molecule has 0 radical (unpaired) electrons. The molecule has 0 atom stereocenters. The van der Waals surface area contributed by atoms with Crippen LogP contribution >= 0.6 is 0 Å². The molecule has 0 bridgehead atoms. The van der Waals surface area contributed by atoms with Gasteiger partial charge in [0.1, 0.15) is 11.2 Å². The minimum Gasteiger partial charge on any atom is -0.455 e. The molecule has 0 fully saturated rings. The van der Waals surface area contributed by atoms with Gasteiger partial charge < -0.3 is 9.40 Å². The molecule has 0 saturated carbocycles. The first-order valence-corrected chi connectivity index (χ1v) is 15.4. The van der Waals surface area contributed by atoms with Gasteiger partial charge in [-0.3, -0.25) is 0 Å². The van der Waals surface area contributed by atoms with Crippen LogP contribution in [0.15, 0.2) is 101 Å². The molecule has 0 aliphatic heterocycles. The van der Waals surface area contributed by atoms with Crippen LogP contribution in [0.25, 0.3) is 77.1 Å². The number of benzene rings is 6. The molecular weight excluding hydrogens is 534 g/mol. The fraction of sp³-hybridized carbons (Fsp3) is 0.143. The highest BCUT2D eigenvalue weighted by Gasteiger charge is 2.19. The number of aromatic nitrogens is 1. The molecule has 2 nitrogen and oxygen atoms in total. The van der Waals surface area contributed by atoms with Crippen molar-refractivity contribution in [2.24, 2.45) is 0 Å². The molecule has 0 unspecified atom stereocenters. The second-order valence-electron chi connectivity index (χ2n) is 12.7. The predicted molar refractivity (Wildman–Crippen MR) is 188 cm³/mol. The van der Waals surface area contributed by atoms with Gasteiger partial charge >= 0.3 is 0 Å². The van der Waals surface area contributed by atoms with Crippen molar-refractivity contribution in [1.82, 2.24) is 4.98 Å². The molecule has 2 heterocycles. The number of H-pyrrole nitrogens is 1. The van der Waals surface area contributed by atoms with E-state index < -0.39 is 0 Å². The summed E-state index contributed by atoms with van der Waals surface area (Å²) in [6.07, 6.45) is 0. The first-order valence-electron chi connectivity index (χ1n) is 15.4. The molecule has 0 amide bonds. The largest absolute Gasteiger partial charge is 0.455 e. The molecule has 0 aliphatic carbocycles. The van der Waals surface area contributed by atoms with Crippen molar-refractivity contribution in [3.05, 3.63) is 130 Å². The van der Waals surface area contributed by atoms with E-state index >= 15 is 0 Å². The summed E-state index contributed by atoms with van der Waals surface area (Å²) in [5, 5.41) is 4.76. The summed E-state index contributed by atoms with van der Waals surface area (Å²) >= 11 is 0. The van der Waals surface area contributed by atoms with Crippen molar-refractivity contribution < 1.29 is 4.42 Å². The summed E-state index contributed by atoms with van der Waals surface area (Å²) in [4.78, 5) is 3.58. The maximum atomic E-state index is 6.75. The molecule has 2 heteroatoms. The standard InChI is InChI=1S/C42H35NO/c1-23-15-25(3)40(26(4)16-23)30-12-14-39-35(20-30)36-22-31(41-27(5)17-24(2)18-28(41)6)21-33(42(36)44-39)29-11-13-38-34(19-29)32-9-7-8-10-37(32)43-38/h7-22,43H,1-6H3. The quantitative estimate of drug-likeness (QED) is 0.225. The monoisotopic (exact) mass is 569 g/mol. The SMILES string of the molecule is Cc1cc(C)c(-c2ccc3oc4c(-c5ccc6[nH]c7ccccc7c6c5)cc(-c5c(C)cc(C)cc5C)cc4c3c2)c(C)c1. The van der Waals surface area contributed by atoms with E-state index in [4.69, 9.17) is 4.42 Å². The van der Waals surface area contributed by atoms with Crippen molar-refractivity contribution in [3.8, 4) is 33.4 Å². The van der Waals surface area contributed by atoms with Crippen LogP contribution < -0.4 is 0 Å². The third-order valence-electron chi connectivity index (χ3n) is 9.32. The van der Waals surface area contributed by atoms with E-state index in [9.17, 15) is 0 Å². The summed E-state index contributed by atoms with van der Waals surface area (Å²) < 4.78 is 6.75. The minimum atomic E-state index is 0.912. The summed E-state index contributed by atoms with van der Waals surface area (Å²) in [5.41, 5.74) is 19.2. The second kappa shape index (κ2) is 9.72. The first-order chi connectivity index (χ1) is 21.2. The Bertz CT molecular complexity index is 2400. The number of aromatic amines is 1. The van der Waals surface area contributed by atoms with E-state index in [1.807, 2.05) is 0 Å². The maximum Gasteiger partial charge on any atom is 0.143 e. The number of fused-ring (bicyclic) bond motifs is 6. The lowest BCUT2D eigenvalue weighted by atomic mass is 9.89. The Morgan fingerprint density at radius 2 is 1.02 bits per heavy atom. The number of rotatable bonds is 3. The van der Waals surface area contributed by atoms with Gasteiger partial charge in [-0.15, -0.1) is 0 Å². The molecular formula is C42H35NO. The van der Waals surface area contributed by atoms with Gasteiger partial charge in [-0.05, 0) is 134 Å². The Hall–Kier alpha value is -5.08. The van der Waals surface area contributed by atoms with Gasteiger partial charge in [0.2, 0.25) is 0 Å². The highest BCUT2D eigenvalue weighted by Crippen LogP contribution is 2.43. The van der Waals surface area contributed by atoms with Gasteiger partial charge in [0.15, 0.2) is 0 Å². The van der Waals surface area contributed by atoms with Gasteiger partial charge in [-0.25, -0.2) is 0 Å². The lowest BCUT2D eigenvalue weighted by molar-refractivity contribution is 0.670. The fourth-order valence-corrected chi connectivity index (χ4v) is 7.68. The van der Waals surface area contributed by atoms with Crippen molar-refractivity contribution >= 4 is 43.7 Å². The number of aryl methyl sites for hydroxylation is 6. The van der Waals surface area contributed by atoms with Crippen molar-refractivity contribution in [3.63, 3.8) is 0 Å². The Morgan fingerprint density at radius 3 is 1.73 bits per heavy atom. The topological polar surface area (TPSA) is 28.9 Å². The Morgan fingerprint density at radius 1 is 0.455 bits per heavy atom. The minimum absolute atomic E-state index is 0.912. The number of hydrogen-bond donors (Lipinski definition) is 1. The van der Waals surface area contributed by atoms with Crippen LogP contribution in [0.3, 0.4) is 0 Å². The van der Waals surface area contributed by atoms with Crippen LogP contribution in [-0.2, 0) is 0 Å². The van der Waals surface area contributed by atoms with Gasteiger partial charge in [0.05, 0.1) is 0 Å². The fourth-order valence-electron chi connectivity index (χ4n) is 7.68. The van der Waals surface area contributed by atoms with E-state index in [0.29, 0.717) is 0 Å². The third kappa shape index (κ3) is 4.09. The molecule has 6 aromatic carbocycles. The van der Waals surface area contributed by atoms with Crippen LogP contribution in [0.2, 0.25) is 0 Å². The van der Waals surface area contributed by atoms with Gasteiger partial charge in [-0.1, -0.05) is 65.7 Å². The van der Waals surface area contributed by atoms with Gasteiger partial charge in [-0.2, -0.15) is 0 Å². The zero-order chi connectivity index (χ0) is 30.3. The maximum absolute atomic E-state index is 6.75. The summed E-state index contributed by atoms with van der Waals surface area (Å²) in [6, 6.07) is 35.8. The Labute approximate surface area is 258 Å². The Balaban J connectivity index is 1.44. The molecule has 0 aliphatic rings. The highest BCUT2D eigenvalue weighted by molar-refractivity contribution is 6.14. The van der Waals surface area contributed by atoms with Crippen LogP contribution in [0.1, 0.15) is 33.4 Å². The molecule has 44 heavy (non-hydrogen) atoms. The number of furan rings is 1. The van der Waals surface area contributed by atoms with E-state index in [2.05, 4.69) is 144 Å².